The Labute approximate surface area is 145 Å². The minimum Gasteiger partial charge on any atom is -0.294 e. The van der Waals surface area contributed by atoms with Crippen LogP contribution >= 0.6 is 11.3 Å². The van der Waals surface area contributed by atoms with E-state index in [0.717, 1.165) is 4.88 Å². The quantitative estimate of drug-likeness (QED) is 0.778. The second kappa shape index (κ2) is 6.74. The third-order valence-electron chi connectivity index (χ3n) is 4.19. The first-order valence-electron chi connectivity index (χ1n) is 7.74. The highest BCUT2D eigenvalue weighted by Crippen LogP contribution is 2.29. The Morgan fingerprint density at radius 2 is 1.92 bits per heavy atom. The Balaban J connectivity index is 1.79. The van der Waals surface area contributed by atoms with E-state index in [4.69, 9.17) is 0 Å². The molecule has 24 heavy (non-hydrogen) atoms. The molecule has 0 aliphatic carbocycles. The van der Waals surface area contributed by atoms with Crippen LogP contribution in [0.4, 0.5) is 4.39 Å². The van der Waals surface area contributed by atoms with Gasteiger partial charge in [0.05, 0.1) is 0 Å². The van der Waals surface area contributed by atoms with Gasteiger partial charge in [-0.1, -0.05) is 0 Å². The van der Waals surface area contributed by atoms with Crippen LogP contribution in [0.5, 0.6) is 0 Å². The molecule has 2 aromatic rings. The van der Waals surface area contributed by atoms with Crippen molar-refractivity contribution < 1.29 is 17.6 Å². The van der Waals surface area contributed by atoms with E-state index in [1.807, 2.05) is 6.92 Å². The summed E-state index contributed by atoms with van der Waals surface area (Å²) in [6.45, 7) is 2.46. The summed E-state index contributed by atoms with van der Waals surface area (Å²) in [6.07, 6.45) is 1.28. The lowest BCUT2D eigenvalue weighted by molar-refractivity contribution is 0.0872. The highest BCUT2D eigenvalue weighted by Gasteiger charge is 2.34. The number of rotatable bonds is 4. The number of halogens is 1. The number of carbonyl (C=O) groups is 1. The molecule has 0 radical (unpaired) electrons. The molecule has 2 heterocycles. The maximum absolute atomic E-state index is 13.0. The van der Waals surface area contributed by atoms with Crippen molar-refractivity contribution in [2.75, 3.05) is 13.1 Å². The molecule has 4 nitrogen and oxygen atoms in total. The predicted octanol–water partition coefficient (Wildman–Crippen LogP) is 3.48. The number of ketones is 1. The summed E-state index contributed by atoms with van der Waals surface area (Å²) in [5.41, 5.74) is 0.424. The maximum atomic E-state index is 13.0. The van der Waals surface area contributed by atoms with Crippen molar-refractivity contribution in [1.29, 1.82) is 0 Å². The summed E-state index contributed by atoms with van der Waals surface area (Å²) in [7, 11) is -3.56. The number of benzene rings is 1. The van der Waals surface area contributed by atoms with Crippen molar-refractivity contribution in [2.45, 2.75) is 24.0 Å². The Hall–Kier alpha value is -1.57. The highest BCUT2D eigenvalue weighted by atomic mass is 32.2. The van der Waals surface area contributed by atoms with Gasteiger partial charge in [0.2, 0.25) is 0 Å². The summed E-state index contributed by atoms with van der Waals surface area (Å²) < 4.78 is 40.2. The highest BCUT2D eigenvalue weighted by molar-refractivity contribution is 7.91. The van der Waals surface area contributed by atoms with Gasteiger partial charge >= 0.3 is 0 Å². The molecule has 1 atom stereocenters. The van der Waals surface area contributed by atoms with Gasteiger partial charge in [-0.3, -0.25) is 4.79 Å². The normalized spacial score (nSPS) is 19.3. The van der Waals surface area contributed by atoms with Crippen molar-refractivity contribution in [3.8, 4) is 0 Å². The maximum Gasteiger partial charge on any atom is 0.252 e. The second-order valence-corrected chi connectivity index (χ2v) is 9.39. The summed E-state index contributed by atoms with van der Waals surface area (Å²) in [5.74, 6) is -0.912. The zero-order valence-electron chi connectivity index (χ0n) is 13.2. The van der Waals surface area contributed by atoms with Crippen LogP contribution in [0.15, 0.2) is 40.6 Å². The average molecular weight is 367 g/mol. The molecule has 1 aromatic carbocycles. The van der Waals surface area contributed by atoms with E-state index in [2.05, 4.69) is 0 Å². The van der Waals surface area contributed by atoms with Crippen molar-refractivity contribution in [3.63, 3.8) is 0 Å². The van der Waals surface area contributed by atoms with Crippen LogP contribution in [0, 0.1) is 18.7 Å². The van der Waals surface area contributed by atoms with Crippen LogP contribution in [0.25, 0.3) is 0 Å². The van der Waals surface area contributed by atoms with Crippen molar-refractivity contribution in [3.05, 3.63) is 52.7 Å². The first-order valence-corrected chi connectivity index (χ1v) is 10.00. The molecule has 1 aliphatic heterocycles. The van der Waals surface area contributed by atoms with Crippen LogP contribution < -0.4 is 0 Å². The van der Waals surface area contributed by atoms with Gasteiger partial charge in [-0.25, -0.2) is 12.8 Å². The smallest absolute Gasteiger partial charge is 0.252 e. The van der Waals surface area contributed by atoms with Gasteiger partial charge < -0.3 is 0 Å². The van der Waals surface area contributed by atoms with E-state index in [9.17, 15) is 17.6 Å². The molecule has 1 aromatic heterocycles. The van der Waals surface area contributed by atoms with Gasteiger partial charge in [-0.2, -0.15) is 4.31 Å². The van der Waals surface area contributed by atoms with E-state index in [1.54, 1.807) is 12.1 Å². The van der Waals surface area contributed by atoms with E-state index in [-0.39, 0.29) is 18.2 Å². The van der Waals surface area contributed by atoms with E-state index in [1.165, 1.54) is 39.9 Å². The second-order valence-electron chi connectivity index (χ2n) is 5.94. The van der Waals surface area contributed by atoms with Crippen LogP contribution in [0.3, 0.4) is 0 Å². The lowest BCUT2D eigenvalue weighted by Crippen LogP contribution is -2.42. The molecule has 0 N–H and O–H groups in total. The van der Waals surface area contributed by atoms with Crippen LogP contribution in [0.2, 0.25) is 0 Å². The number of hydrogen-bond acceptors (Lipinski definition) is 4. The van der Waals surface area contributed by atoms with Crippen molar-refractivity contribution >= 4 is 27.1 Å². The average Bonchev–Trinajstić information content (AvgIpc) is 3.02. The molecule has 1 fully saturated rings. The number of hydrogen-bond donors (Lipinski definition) is 0. The number of Topliss-reactive ketones (excluding diaryl/α,β-unsaturated/α-hetero) is 1. The molecule has 1 saturated heterocycles. The van der Waals surface area contributed by atoms with Gasteiger partial charge in [-0.15, -0.1) is 11.3 Å². The largest absolute Gasteiger partial charge is 0.294 e. The fourth-order valence-corrected chi connectivity index (χ4v) is 5.86. The molecule has 1 unspecified atom stereocenters. The SMILES string of the molecule is Cc1ccc(S(=O)(=O)N2CCCC(C(=O)c3ccc(F)cc3)C2)s1. The number of aryl methyl sites for hydroxylation is 1. The summed E-state index contributed by atoms with van der Waals surface area (Å²) >= 11 is 1.24. The van der Waals surface area contributed by atoms with Gasteiger partial charge in [0.25, 0.3) is 10.0 Å². The van der Waals surface area contributed by atoms with E-state index >= 15 is 0 Å². The number of carbonyl (C=O) groups excluding carboxylic acids is 1. The minimum absolute atomic E-state index is 0.128. The lowest BCUT2D eigenvalue weighted by Gasteiger charge is -2.30. The fourth-order valence-electron chi connectivity index (χ4n) is 2.90. The third-order valence-corrected chi connectivity index (χ3v) is 7.53. The number of thiophene rings is 1. The number of sulfonamides is 1. The summed E-state index contributed by atoms with van der Waals surface area (Å²) in [5, 5.41) is 0. The first-order chi connectivity index (χ1) is 11.4. The van der Waals surface area contributed by atoms with Crippen molar-refractivity contribution in [1.82, 2.24) is 4.31 Å². The molecule has 0 spiro atoms. The Bertz CT molecular complexity index is 843. The predicted molar refractivity (Wildman–Crippen MR) is 91.3 cm³/mol. The summed E-state index contributed by atoms with van der Waals surface area (Å²) in [4.78, 5) is 13.5. The first kappa shape index (κ1) is 17.3. The fraction of sp³-hybridized carbons (Fsp3) is 0.353. The molecular weight excluding hydrogens is 349 g/mol. The molecule has 0 amide bonds. The third kappa shape index (κ3) is 3.43. The lowest BCUT2D eigenvalue weighted by atomic mass is 9.91. The minimum atomic E-state index is -3.56. The van der Waals surface area contributed by atoms with Gasteiger partial charge in [-0.05, 0) is 56.2 Å². The standard InChI is InChI=1S/C17H18FNO3S2/c1-12-4-9-16(23-12)24(21,22)19-10-2-3-14(11-19)17(20)13-5-7-15(18)8-6-13/h4-9,14H,2-3,10-11H2,1H3. The molecule has 1 aliphatic rings. The molecule has 3 rings (SSSR count). The van der Waals surface area contributed by atoms with E-state index in [0.29, 0.717) is 29.2 Å². The molecule has 0 saturated carbocycles. The van der Waals surface area contributed by atoms with Crippen LogP contribution in [0.1, 0.15) is 28.1 Å². The Kier molecular flexibility index (Phi) is 4.85. The van der Waals surface area contributed by atoms with Crippen LogP contribution in [-0.4, -0.2) is 31.6 Å². The topological polar surface area (TPSA) is 54.5 Å². The molecule has 7 heteroatoms. The van der Waals surface area contributed by atoms with Gasteiger partial charge in [0, 0.05) is 29.4 Å². The summed E-state index contributed by atoms with van der Waals surface area (Å²) in [6, 6.07) is 8.79. The Morgan fingerprint density at radius 3 is 2.54 bits per heavy atom. The zero-order chi connectivity index (χ0) is 17.3. The van der Waals surface area contributed by atoms with E-state index < -0.39 is 15.8 Å². The number of piperidine rings is 1. The van der Waals surface area contributed by atoms with Gasteiger partial charge in [0.15, 0.2) is 5.78 Å². The Morgan fingerprint density at radius 1 is 1.21 bits per heavy atom. The monoisotopic (exact) mass is 367 g/mol. The zero-order valence-corrected chi connectivity index (χ0v) is 14.9. The van der Waals surface area contributed by atoms with Gasteiger partial charge in [0.1, 0.15) is 10.0 Å². The van der Waals surface area contributed by atoms with Crippen molar-refractivity contribution in [2.24, 2.45) is 5.92 Å². The molecular formula is C17H18FNO3S2. The molecule has 128 valence electrons. The van der Waals surface area contributed by atoms with Crippen LogP contribution in [-0.2, 0) is 10.0 Å². The number of nitrogens with zero attached hydrogens (tertiary/aromatic N) is 1. The molecule has 0 bridgehead atoms.